The van der Waals surface area contributed by atoms with Crippen molar-refractivity contribution in [3.05, 3.63) is 88.1 Å². The smallest absolute Gasteiger partial charge is 0.273 e. The molecule has 3 amide bonds. The minimum atomic E-state index is -0.406. The molecule has 0 atom stereocenters. The molecule has 0 saturated heterocycles. The van der Waals surface area contributed by atoms with Crippen molar-refractivity contribution in [3.63, 3.8) is 0 Å². The second kappa shape index (κ2) is 7.89. The average Bonchev–Trinajstić information content (AvgIpc) is 3.28. The van der Waals surface area contributed by atoms with Gasteiger partial charge >= 0.3 is 0 Å². The predicted molar refractivity (Wildman–Crippen MR) is 105 cm³/mol. The second-order valence-electron chi connectivity index (χ2n) is 6.50. The number of imide groups is 1. The Kier molecular flexibility index (Phi) is 5.14. The average molecular weight is 410 g/mol. The molecule has 2 heterocycles. The fourth-order valence-corrected chi connectivity index (χ4v) is 3.32. The van der Waals surface area contributed by atoms with Crippen LogP contribution in [0, 0.1) is 0 Å². The molecule has 3 aromatic rings. The predicted octanol–water partition coefficient (Wildman–Crippen LogP) is 3.10. The van der Waals surface area contributed by atoms with Gasteiger partial charge in [0.05, 0.1) is 11.1 Å². The summed E-state index contributed by atoms with van der Waals surface area (Å²) in [6.07, 6.45) is 1.83. The largest absolute Gasteiger partial charge is 0.446 e. The molecule has 0 saturated carbocycles. The summed E-state index contributed by atoms with van der Waals surface area (Å²) in [4.78, 5) is 42.2. The van der Waals surface area contributed by atoms with Crippen LogP contribution in [0.25, 0.3) is 0 Å². The van der Waals surface area contributed by atoms with E-state index in [1.54, 1.807) is 30.3 Å². The second-order valence-corrected chi connectivity index (χ2v) is 6.94. The first-order chi connectivity index (χ1) is 14.0. The molecule has 29 heavy (non-hydrogen) atoms. The summed E-state index contributed by atoms with van der Waals surface area (Å²) in [6.45, 7) is 0.266. The first-order valence-corrected chi connectivity index (χ1v) is 9.33. The van der Waals surface area contributed by atoms with Crippen LogP contribution in [0.1, 0.15) is 42.7 Å². The van der Waals surface area contributed by atoms with E-state index in [1.807, 2.05) is 18.2 Å². The van der Waals surface area contributed by atoms with Crippen LogP contribution in [-0.4, -0.2) is 34.2 Å². The SMILES string of the molecule is O=C(NCCc1cccc(Cl)c1)c1coc(CN2C(=O)c3ccccc3C2=O)n1. The standard InChI is InChI=1S/C21H16ClN3O4/c22-14-5-3-4-13(10-14)8-9-23-19(26)17-12-29-18(24-17)11-25-20(27)15-6-1-2-7-16(15)21(25)28/h1-7,10,12H,8-9,11H2,(H,23,26). The van der Waals surface area contributed by atoms with Crippen LogP contribution in [0.2, 0.25) is 5.02 Å². The zero-order valence-electron chi connectivity index (χ0n) is 15.2. The summed E-state index contributed by atoms with van der Waals surface area (Å²) in [5.41, 5.74) is 1.79. The van der Waals surface area contributed by atoms with Gasteiger partial charge in [-0.3, -0.25) is 19.3 Å². The van der Waals surface area contributed by atoms with Gasteiger partial charge in [0.2, 0.25) is 5.89 Å². The quantitative estimate of drug-likeness (QED) is 0.631. The number of hydrogen-bond donors (Lipinski definition) is 1. The number of benzene rings is 2. The highest BCUT2D eigenvalue weighted by Crippen LogP contribution is 2.24. The number of rotatable bonds is 6. The van der Waals surface area contributed by atoms with Crippen molar-refractivity contribution < 1.29 is 18.8 Å². The highest BCUT2D eigenvalue weighted by molar-refractivity contribution is 6.30. The van der Waals surface area contributed by atoms with Gasteiger partial charge in [-0.25, -0.2) is 4.98 Å². The third-order valence-corrected chi connectivity index (χ3v) is 4.78. The van der Waals surface area contributed by atoms with E-state index < -0.39 is 17.7 Å². The summed E-state index contributed by atoms with van der Waals surface area (Å²) in [7, 11) is 0. The maximum absolute atomic E-state index is 12.4. The molecule has 0 bridgehead atoms. The Labute approximate surface area is 171 Å². The van der Waals surface area contributed by atoms with Crippen LogP contribution >= 0.6 is 11.6 Å². The molecule has 0 fully saturated rings. The molecule has 2 aromatic carbocycles. The van der Waals surface area contributed by atoms with Gasteiger partial charge < -0.3 is 9.73 Å². The molecule has 0 unspecified atom stereocenters. The van der Waals surface area contributed by atoms with Crippen LogP contribution in [0.3, 0.4) is 0 Å². The van der Waals surface area contributed by atoms with Crippen molar-refractivity contribution >= 4 is 29.3 Å². The number of nitrogens with zero attached hydrogens (tertiary/aromatic N) is 2. The number of halogens is 1. The molecule has 0 spiro atoms. The third kappa shape index (κ3) is 3.90. The van der Waals surface area contributed by atoms with Gasteiger partial charge in [0.15, 0.2) is 5.69 Å². The summed E-state index contributed by atoms with van der Waals surface area (Å²) in [6, 6.07) is 14.0. The lowest BCUT2D eigenvalue weighted by Crippen LogP contribution is -2.29. The van der Waals surface area contributed by atoms with Gasteiger partial charge in [-0.2, -0.15) is 0 Å². The number of aromatic nitrogens is 1. The number of oxazole rings is 1. The highest BCUT2D eigenvalue weighted by Gasteiger charge is 2.36. The van der Waals surface area contributed by atoms with Crippen molar-refractivity contribution in [3.8, 4) is 0 Å². The van der Waals surface area contributed by atoms with Crippen molar-refractivity contribution in [2.75, 3.05) is 6.54 Å². The van der Waals surface area contributed by atoms with Crippen LogP contribution in [0.4, 0.5) is 0 Å². The van der Waals surface area contributed by atoms with Gasteiger partial charge in [0.1, 0.15) is 12.8 Å². The van der Waals surface area contributed by atoms with Crippen LogP contribution < -0.4 is 5.32 Å². The molecule has 4 rings (SSSR count). The van der Waals surface area contributed by atoms with E-state index in [0.717, 1.165) is 10.5 Å². The Hall–Kier alpha value is -3.45. The van der Waals surface area contributed by atoms with E-state index in [-0.39, 0.29) is 18.1 Å². The van der Waals surface area contributed by atoms with Crippen molar-refractivity contribution in [2.45, 2.75) is 13.0 Å². The van der Waals surface area contributed by atoms with Crippen molar-refractivity contribution in [1.82, 2.24) is 15.2 Å². The maximum Gasteiger partial charge on any atom is 0.273 e. The topological polar surface area (TPSA) is 92.5 Å². The molecular formula is C21H16ClN3O4. The van der Waals surface area contributed by atoms with Crippen molar-refractivity contribution in [2.24, 2.45) is 0 Å². The summed E-state index contributed by atoms with van der Waals surface area (Å²) in [5, 5.41) is 3.40. The van der Waals surface area contributed by atoms with E-state index in [4.69, 9.17) is 16.0 Å². The number of carbonyl (C=O) groups is 3. The lowest BCUT2D eigenvalue weighted by Gasteiger charge is -2.10. The normalized spacial score (nSPS) is 12.9. The van der Waals surface area contributed by atoms with Gasteiger partial charge in [-0.05, 0) is 36.2 Å². The number of nitrogens with one attached hydrogen (secondary N) is 1. The molecule has 7 nitrogen and oxygen atoms in total. The minimum Gasteiger partial charge on any atom is -0.446 e. The maximum atomic E-state index is 12.4. The fraction of sp³-hybridized carbons (Fsp3) is 0.143. The van der Waals surface area contributed by atoms with Crippen LogP contribution in [0.5, 0.6) is 0 Å². The summed E-state index contributed by atoms with van der Waals surface area (Å²) >= 11 is 5.94. The van der Waals surface area contributed by atoms with E-state index in [2.05, 4.69) is 10.3 Å². The van der Waals surface area contributed by atoms with Gasteiger partial charge in [-0.15, -0.1) is 0 Å². The monoisotopic (exact) mass is 409 g/mol. The highest BCUT2D eigenvalue weighted by atomic mass is 35.5. The molecule has 0 radical (unpaired) electrons. The fourth-order valence-electron chi connectivity index (χ4n) is 3.11. The Morgan fingerprint density at radius 2 is 1.79 bits per heavy atom. The van der Waals surface area contributed by atoms with E-state index in [9.17, 15) is 14.4 Å². The van der Waals surface area contributed by atoms with E-state index in [0.29, 0.717) is 29.1 Å². The third-order valence-electron chi connectivity index (χ3n) is 4.54. The lowest BCUT2D eigenvalue weighted by molar-refractivity contribution is 0.0628. The Morgan fingerprint density at radius 3 is 2.48 bits per heavy atom. The molecule has 1 aromatic heterocycles. The van der Waals surface area contributed by atoms with Crippen LogP contribution in [-0.2, 0) is 13.0 Å². The van der Waals surface area contributed by atoms with Gasteiger partial charge in [0, 0.05) is 11.6 Å². The van der Waals surface area contributed by atoms with Crippen LogP contribution in [0.15, 0.2) is 59.2 Å². The number of amides is 3. The van der Waals surface area contributed by atoms with E-state index in [1.165, 1.54) is 6.26 Å². The van der Waals surface area contributed by atoms with Gasteiger partial charge in [-0.1, -0.05) is 35.9 Å². The molecule has 8 heteroatoms. The molecule has 1 aliphatic rings. The number of hydrogen-bond acceptors (Lipinski definition) is 5. The molecular weight excluding hydrogens is 394 g/mol. The molecule has 1 aliphatic heterocycles. The van der Waals surface area contributed by atoms with E-state index >= 15 is 0 Å². The zero-order valence-corrected chi connectivity index (χ0v) is 16.0. The zero-order chi connectivity index (χ0) is 20.4. The summed E-state index contributed by atoms with van der Waals surface area (Å²) in [5.74, 6) is -1.10. The Bertz CT molecular complexity index is 1070. The number of carbonyl (C=O) groups excluding carboxylic acids is 3. The first-order valence-electron chi connectivity index (χ1n) is 8.95. The van der Waals surface area contributed by atoms with Crippen molar-refractivity contribution in [1.29, 1.82) is 0 Å². The lowest BCUT2D eigenvalue weighted by atomic mass is 10.1. The molecule has 146 valence electrons. The van der Waals surface area contributed by atoms with Gasteiger partial charge in [0.25, 0.3) is 17.7 Å². The minimum absolute atomic E-state index is 0.0858. The Morgan fingerprint density at radius 1 is 1.07 bits per heavy atom. The Balaban J connectivity index is 1.35. The first kappa shape index (κ1) is 18.9. The number of fused-ring (bicyclic) bond motifs is 1. The summed E-state index contributed by atoms with van der Waals surface area (Å²) < 4.78 is 5.29. The molecule has 0 aliphatic carbocycles. The molecule has 1 N–H and O–H groups in total.